The lowest BCUT2D eigenvalue weighted by Gasteiger charge is -2.39. The Balaban J connectivity index is 2.12. The summed E-state index contributed by atoms with van der Waals surface area (Å²) < 4.78 is 0. The summed E-state index contributed by atoms with van der Waals surface area (Å²) in [7, 11) is 0. The molecular weight excluding hydrogens is 258 g/mol. The van der Waals surface area contributed by atoms with Crippen LogP contribution in [0.3, 0.4) is 0 Å². The van der Waals surface area contributed by atoms with Gasteiger partial charge in [0.05, 0.1) is 11.4 Å². The van der Waals surface area contributed by atoms with Gasteiger partial charge >= 0.3 is 0 Å². The van der Waals surface area contributed by atoms with Crippen LogP contribution >= 0.6 is 11.6 Å². The van der Waals surface area contributed by atoms with Gasteiger partial charge in [-0.3, -0.25) is 0 Å². The largest absolute Gasteiger partial charge is 0.354 e. The number of hydrogen-bond donors (Lipinski definition) is 0. The van der Waals surface area contributed by atoms with E-state index in [1.54, 1.807) is 0 Å². The van der Waals surface area contributed by atoms with E-state index in [1.165, 1.54) is 12.8 Å². The van der Waals surface area contributed by atoms with Crippen LogP contribution in [0.4, 0.5) is 5.82 Å². The lowest BCUT2D eigenvalue weighted by atomic mass is 9.75. The van der Waals surface area contributed by atoms with Crippen LogP contribution in [0.5, 0.6) is 0 Å². The molecule has 2 heterocycles. The normalized spacial score (nSPS) is 17.9. The lowest BCUT2D eigenvalue weighted by Crippen LogP contribution is -2.38. The minimum Gasteiger partial charge on any atom is -0.354 e. The van der Waals surface area contributed by atoms with E-state index in [9.17, 15) is 0 Å². The first kappa shape index (κ1) is 14.6. The molecule has 0 aromatic carbocycles. The van der Waals surface area contributed by atoms with Gasteiger partial charge in [0.25, 0.3) is 0 Å². The quantitative estimate of drug-likeness (QED) is 0.779. The summed E-state index contributed by atoms with van der Waals surface area (Å²) in [6.45, 7) is 13.0. The fraction of sp³-hybridized carbons (Fsp3) is 0.733. The molecule has 19 heavy (non-hydrogen) atoms. The number of aromatic nitrogens is 2. The molecule has 0 aliphatic carbocycles. The van der Waals surface area contributed by atoms with Crippen molar-refractivity contribution in [2.75, 3.05) is 18.0 Å². The van der Waals surface area contributed by atoms with Crippen LogP contribution in [-0.2, 0) is 0 Å². The smallest absolute Gasteiger partial charge is 0.171 e. The maximum Gasteiger partial charge on any atom is 0.171 e. The van der Waals surface area contributed by atoms with Gasteiger partial charge in [-0.2, -0.15) is 0 Å². The molecule has 1 aliphatic rings. The average molecular weight is 282 g/mol. The molecule has 106 valence electrons. The second-order valence-corrected chi connectivity index (χ2v) is 6.99. The van der Waals surface area contributed by atoms with Crippen molar-refractivity contribution in [3.05, 3.63) is 16.5 Å². The molecule has 0 N–H and O–H groups in total. The SMILES string of the molecule is Cc1nc(Cl)c(N2CCC(C(C)(C)C)CC2)nc1C. The average Bonchev–Trinajstić information content (AvgIpc) is 2.33. The third kappa shape index (κ3) is 3.19. The van der Waals surface area contributed by atoms with E-state index in [2.05, 4.69) is 35.6 Å². The Hall–Kier alpha value is -0.830. The van der Waals surface area contributed by atoms with Crippen molar-refractivity contribution in [2.24, 2.45) is 11.3 Å². The minimum absolute atomic E-state index is 0.394. The van der Waals surface area contributed by atoms with Gasteiger partial charge in [-0.15, -0.1) is 0 Å². The lowest BCUT2D eigenvalue weighted by molar-refractivity contribution is 0.198. The maximum atomic E-state index is 6.25. The van der Waals surface area contributed by atoms with Gasteiger partial charge in [-0.1, -0.05) is 32.4 Å². The Morgan fingerprint density at radius 2 is 1.58 bits per heavy atom. The van der Waals surface area contributed by atoms with Gasteiger partial charge in [-0.25, -0.2) is 9.97 Å². The highest BCUT2D eigenvalue weighted by Crippen LogP contribution is 2.36. The summed E-state index contributed by atoms with van der Waals surface area (Å²) in [6, 6.07) is 0. The van der Waals surface area contributed by atoms with Crippen molar-refractivity contribution in [2.45, 2.75) is 47.5 Å². The second kappa shape index (κ2) is 5.28. The fourth-order valence-electron chi connectivity index (χ4n) is 2.72. The molecule has 0 atom stereocenters. The Morgan fingerprint density at radius 1 is 1.05 bits per heavy atom. The van der Waals surface area contributed by atoms with Crippen LogP contribution < -0.4 is 4.90 Å². The molecule has 0 bridgehead atoms. The van der Waals surface area contributed by atoms with E-state index in [1.807, 2.05) is 13.8 Å². The molecule has 0 spiro atoms. The number of halogens is 1. The van der Waals surface area contributed by atoms with Crippen molar-refractivity contribution in [1.82, 2.24) is 9.97 Å². The number of piperidine rings is 1. The van der Waals surface area contributed by atoms with Gasteiger partial charge in [0.2, 0.25) is 0 Å². The van der Waals surface area contributed by atoms with E-state index < -0.39 is 0 Å². The molecule has 0 radical (unpaired) electrons. The van der Waals surface area contributed by atoms with Crippen molar-refractivity contribution >= 4 is 17.4 Å². The molecule has 4 heteroatoms. The first-order chi connectivity index (χ1) is 8.79. The zero-order valence-corrected chi connectivity index (χ0v) is 13.4. The number of aryl methyl sites for hydroxylation is 2. The summed E-state index contributed by atoms with van der Waals surface area (Å²) in [5, 5.41) is 0.539. The van der Waals surface area contributed by atoms with Crippen molar-refractivity contribution in [3.8, 4) is 0 Å². The van der Waals surface area contributed by atoms with E-state index in [4.69, 9.17) is 11.6 Å². The number of anilines is 1. The molecule has 0 unspecified atom stereocenters. The number of nitrogens with zero attached hydrogens (tertiary/aromatic N) is 3. The minimum atomic E-state index is 0.394. The molecule has 2 rings (SSSR count). The van der Waals surface area contributed by atoms with Gasteiger partial charge in [0.1, 0.15) is 0 Å². The van der Waals surface area contributed by atoms with Crippen molar-refractivity contribution in [1.29, 1.82) is 0 Å². The fourth-order valence-corrected chi connectivity index (χ4v) is 3.01. The molecule has 1 aliphatic heterocycles. The van der Waals surface area contributed by atoms with E-state index in [-0.39, 0.29) is 0 Å². The van der Waals surface area contributed by atoms with Crippen LogP contribution in [-0.4, -0.2) is 23.1 Å². The molecular formula is C15H24ClN3. The molecule has 0 saturated carbocycles. The molecule has 1 saturated heterocycles. The highest BCUT2D eigenvalue weighted by Gasteiger charge is 2.30. The Kier molecular flexibility index (Phi) is 4.05. The number of rotatable bonds is 1. The monoisotopic (exact) mass is 281 g/mol. The molecule has 1 aromatic heterocycles. The maximum absolute atomic E-state index is 6.25. The van der Waals surface area contributed by atoms with E-state index >= 15 is 0 Å². The van der Waals surface area contributed by atoms with Crippen LogP contribution in [0.1, 0.15) is 45.0 Å². The van der Waals surface area contributed by atoms with E-state index in [0.717, 1.165) is 36.2 Å². The summed E-state index contributed by atoms with van der Waals surface area (Å²) in [6.07, 6.45) is 2.41. The Morgan fingerprint density at radius 3 is 2.11 bits per heavy atom. The molecule has 1 aromatic rings. The van der Waals surface area contributed by atoms with Gasteiger partial charge in [0.15, 0.2) is 11.0 Å². The first-order valence-electron chi connectivity index (χ1n) is 7.04. The highest BCUT2D eigenvalue weighted by molar-refractivity contribution is 6.31. The van der Waals surface area contributed by atoms with Crippen molar-refractivity contribution < 1.29 is 0 Å². The summed E-state index contributed by atoms with van der Waals surface area (Å²) in [4.78, 5) is 11.3. The molecule has 1 fully saturated rings. The third-order valence-corrected chi connectivity index (χ3v) is 4.52. The van der Waals surface area contributed by atoms with E-state index in [0.29, 0.717) is 10.6 Å². The predicted molar refractivity (Wildman–Crippen MR) is 80.9 cm³/mol. The van der Waals surface area contributed by atoms with Crippen LogP contribution in [0, 0.1) is 25.2 Å². The van der Waals surface area contributed by atoms with Gasteiger partial charge in [0, 0.05) is 13.1 Å². The number of hydrogen-bond acceptors (Lipinski definition) is 3. The summed E-state index contributed by atoms with van der Waals surface area (Å²) in [5.74, 6) is 1.64. The topological polar surface area (TPSA) is 29.0 Å². The van der Waals surface area contributed by atoms with Crippen molar-refractivity contribution in [3.63, 3.8) is 0 Å². The van der Waals surface area contributed by atoms with Crippen LogP contribution in [0.2, 0.25) is 5.15 Å². The summed E-state index contributed by atoms with van der Waals surface area (Å²) >= 11 is 6.25. The first-order valence-corrected chi connectivity index (χ1v) is 7.42. The predicted octanol–water partition coefficient (Wildman–Crippen LogP) is 4.01. The Bertz CT molecular complexity index is 457. The molecule has 0 amide bonds. The van der Waals surface area contributed by atoms with Gasteiger partial charge in [-0.05, 0) is 38.0 Å². The summed E-state index contributed by atoms with van der Waals surface area (Å²) in [5.41, 5.74) is 2.28. The Labute approximate surface area is 121 Å². The zero-order chi connectivity index (χ0) is 14.2. The third-order valence-electron chi connectivity index (χ3n) is 4.27. The standard InChI is InChI=1S/C15H24ClN3/c1-10-11(2)18-14(13(16)17-10)19-8-6-12(7-9-19)15(3,4)5/h12H,6-9H2,1-5H3. The second-order valence-electron chi connectivity index (χ2n) is 6.64. The zero-order valence-electron chi connectivity index (χ0n) is 12.6. The van der Waals surface area contributed by atoms with Crippen LogP contribution in [0.15, 0.2) is 0 Å². The van der Waals surface area contributed by atoms with Crippen LogP contribution in [0.25, 0.3) is 0 Å². The molecule has 3 nitrogen and oxygen atoms in total. The highest BCUT2D eigenvalue weighted by atomic mass is 35.5. The van der Waals surface area contributed by atoms with Gasteiger partial charge < -0.3 is 4.90 Å².